The zero-order valence-electron chi connectivity index (χ0n) is 17.7. The number of nitrogens with zero attached hydrogens (tertiary/aromatic N) is 1. The van der Waals surface area contributed by atoms with Crippen LogP contribution in [0.25, 0.3) is 22.3 Å². The number of hydrogen-bond acceptors (Lipinski definition) is 8. The van der Waals surface area contributed by atoms with E-state index in [-0.39, 0.29) is 23.8 Å². The van der Waals surface area contributed by atoms with Crippen molar-refractivity contribution in [2.75, 3.05) is 13.7 Å². The summed E-state index contributed by atoms with van der Waals surface area (Å²) < 4.78 is 10.3. The highest BCUT2D eigenvalue weighted by molar-refractivity contribution is 5.91. The number of benzene rings is 1. The van der Waals surface area contributed by atoms with Crippen molar-refractivity contribution in [2.24, 2.45) is 0 Å². The van der Waals surface area contributed by atoms with Crippen LogP contribution in [0.5, 0.6) is 5.75 Å². The number of rotatable bonds is 4. The van der Waals surface area contributed by atoms with Crippen molar-refractivity contribution in [3.63, 3.8) is 0 Å². The maximum Gasteiger partial charge on any atom is 0.340 e. The standard InChI is InChI=1S/C23H21N3O7/c1-32-11-4-10-2-3-15(25-19(28)8-27)13-7-16(24-18(5-11)20(10)13)17-6-12-14(22(30)26-17)9-33-23(31)21(12)29/h4-7,15,21,27,29H,2-3,8-9H2,1H3,(H,25,28)(H,26,30). The molecule has 0 saturated carbocycles. The van der Waals surface area contributed by atoms with Crippen LogP contribution in [0.2, 0.25) is 0 Å². The van der Waals surface area contributed by atoms with E-state index in [0.29, 0.717) is 35.5 Å². The van der Waals surface area contributed by atoms with Crippen molar-refractivity contribution in [1.82, 2.24) is 15.3 Å². The number of H-pyrrole nitrogens is 1. The van der Waals surface area contributed by atoms with Gasteiger partial charge in [0.1, 0.15) is 19.0 Å². The minimum absolute atomic E-state index is 0.178. The normalized spacial score (nSPS) is 19.1. The van der Waals surface area contributed by atoms with Crippen LogP contribution >= 0.6 is 0 Å². The van der Waals surface area contributed by atoms with Crippen LogP contribution in [0.3, 0.4) is 0 Å². The fourth-order valence-electron chi connectivity index (χ4n) is 4.52. The average molecular weight is 451 g/mol. The van der Waals surface area contributed by atoms with E-state index < -0.39 is 30.1 Å². The fourth-order valence-corrected chi connectivity index (χ4v) is 4.52. The first-order valence-electron chi connectivity index (χ1n) is 10.4. The van der Waals surface area contributed by atoms with Crippen LogP contribution in [0, 0.1) is 0 Å². The van der Waals surface area contributed by atoms with Gasteiger partial charge in [-0.3, -0.25) is 9.59 Å². The topological polar surface area (TPSA) is 151 Å². The van der Waals surface area contributed by atoms with E-state index >= 15 is 0 Å². The lowest BCUT2D eigenvalue weighted by Gasteiger charge is -2.27. The number of aliphatic hydroxyl groups is 2. The Labute approximate surface area is 187 Å². The fraction of sp³-hybridized carbons (Fsp3) is 0.304. The molecule has 0 radical (unpaired) electrons. The van der Waals surface area contributed by atoms with E-state index in [1.807, 2.05) is 6.07 Å². The number of carbonyl (C=O) groups excluding carboxylic acids is 2. The Bertz CT molecular complexity index is 1360. The summed E-state index contributed by atoms with van der Waals surface area (Å²) in [5.74, 6) is -0.683. The molecule has 1 aliphatic carbocycles. The van der Waals surface area contributed by atoms with Gasteiger partial charge < -0.3 is 30.0 Å². The van der Waals surface area contributed by atoms with Crippen molar-refractivity contribution in [1.29, 1.82) is 0 Å². The Hall–Kier alpha value is -3.76. The maximum absolute atomic E-state index is 12.7. The number of methoxy groups -OCH3 is 1. The van der Waals surface area contributed by atoms with E-state index in [0.717, 1.165) is 16.5 Å². The van der Waals surface area contributed by atoms with Gasteiger partial charge in [0.25, 0.3) is 5.56 Å². The zero-order chi connectivity index (χ0) is 23.3. The molecule has 2 aliphatic rings. The molecule has 33 heavy (non-hydrogen) atoms. The van der Waals surface area contributed by atoms with Crippen LogP contribution in [-0.2, 0) is 27.4 Å². The molecule has 1 amide bonds. The van der Waals surface area contributed by atoms with Gasteiger partial charge in [-0.25, -0.2) is 9.78 Å². The summed E-state index contributed by atoms with van der Waals surface area (Å²) in [6.07, 6.45) is -0.269. The van der Waals surface area contributed by atoms with Gasteiger partial charge in [0.15, 0.2) is 6.10 Å². The highest BCUT2D eigenvalue weighted by atomic mass is 16.5. The third kappa shape index (κ3) is 3.53. The number of nitrogens with one attached hydrogen (secondary N) is 2. The van der Waals surface area contributed by atoms with Crippen LogP contribution in [-0.4, -0.2) is 45.8 Å². The highest BCUT2D eigenvalue weighted by Gasteiger charge is 2.31. The molecule has 3 heterocycles. The summed E-state index contributed by atoms with van der Waals surface area (Å²) in [5, 5.41) is 23.2. The van der Waals surface area contributed by atoms with Crippen molar-refractivity contribution in [3.8, 4) is 17.1 Å². The van der Waals surface area contributed by atoms with E-state index in [4.69, 9.17) is 14.5 Å². The molecular formula is C23H21N3O7. The summed E-state index contributed by atoms with van der Waals surface area (Å²) in [6, 6.07) is 6.63. The largest absolute Gasteiger partial charge is 0.497 e. The van der Waals surface area contributed by atoms with Crippen LogP contribution in [0.15, 0.2) is 29.1 Å². The summed E-state index contributed by atoms with van der Waals surface area (Å²) in [7, 11) is 1.56. The number of amides is 1. The van der Waals surface area contributed by atoms with Crippen molar-refractivity contribution in [3.05, 3.63) is 56.9 Å². The van der Waals surface area contributed by atoms with E-state index in [9.17, 15) is 24.6 Å². The van der Waals surface area contributed by atoms with Crippen molar-refractivity contribution in [2.45, 2.75) is 31.6 Å². The van der Waals surface area contributed by atoms with Gasteiger partial charge in [-0.15, -0.1) is 0 Å². The minimum atomic E-state index is -1.56. The summed E-state index contributed by atoms with van der Waals surface area (Å²) in [4.78, 5) is 43.8. The van der Waals surface area contributed by atoms with Gasteiger partial charge in [0.05, 0.1) is 35.6 Å². The number of aliphatic hydroxyl groups excluding tert-OH is 2. The van der Waals surface area contributed by atoms with Crippen LogP contribution in [0.4, 0.5) is 0 Å². The van der Waals surface area contributed by atoms with E-state index in [1.54, 1.807) is 19.2 Å². The van der Waals surface area contributed by atoms with Crippen LogP contribution in [0.1, 0.15) is 40.8 Å². The van der Waals surface area contributed by atoms with Crippen LogP contribution < -0.4 is 15.6 Å². The second kappa shape index (κ2) is 7.98. The Kier molecular flexibility index (Phi) is 5.10. The molecule has 5 rings (SSSR count). The molecule has 3 aromatic rings. The number of aromatic nitrogens is 2. The number of esters is 1. The van der Waals surface area contributed by atoms with Gasteiger partial charge in [-0.05, 0) is 42.2 Å². The number of carbonyl (C=O) groups is 2. The second-order valence-corrected chi connectivity index (χ2v) is 8.05. The number of hydrogen-bond donors (Lipinski definition) is 4. The lowest BCUT2D eigenvalue weighted by Crippen LogP contribution is -2.32. The number of cyclic esters (lactones) is 1. The van der Waals surface area contributed by atoms with Gasteiger partial charge in [0, 0.05) is 17.0 Å². The molecule has 2 unspecified atom stereocenters. The first-order chi connectivity index (χ1) is 15.9. The average Bonchev–Trinajstić information content (AvgIpc) is 2.82. The molecule has 10 heteroatoms. The molecule has 0 spiro atoms. The first kappa shape index (κ1) is 21.1. The summed E-state index contributed by atoms with van der Waals surface area (Å²) in [5.41, 5.74) is 3.01. The summed E-state index contributed by atoms with van der Waals surface area (Å²) in [6.45, 7) is -0.841. The molecule has 0 fully saturated rings. The molecule has 10 nitrogen and oxygen atoms in total. The van der Waals surface area contributed by atoms with Crippen molar-refractivity contribution < 1.29 is 29.3 Å². The van der Waals surface area contributed by atoms with E-state index in [1.165, 1.54) is 6.07 Å². The zero-order valence-corrected chi connectivity index (χ0v) is 17.7. The molecule has 0 saturated heterocycles. The van der Waals surface area contributed by atoms with Gasteiger partial charge >= 0.3 is 5.97 Å². The van der Waals surface area contributed by atoms with E-state index in [2.05, 4.69) is 10.3 Å². The number of ether oxygens (including phenoxy) is 2. The van der Waals surface area contributed by atoms with Gasteiger partial charge in [-0.2, -0.15) is 0 Å². The maximum atomic E-state index is 12.7. The Morgan fingerprint density at radius 2 is 2.09 bits per heavy atom. The van der Waals surface area contributed by atoms with Gasteiger partial charge in [0.2, 0.25) is 5.91 Å². The molecule has 1 aliphatic heterocycles. The predicted molar refractivity (Wildman–Crippen MR) is 115 cm³/mol. The lowest BCUT2D eigenvalue weighted by molar-refractivity contribution is -0.157. The molecule has 2 atom stereocenters. The molecule has 2 aromatic heterocycles. The first-order valence-corrected chi connectivity index (χ1v) is 10.4. The predicted octanol–water partition coefficient (Wildman–Crippen LogP) is 0.785. The number of fused-ring (bicyclic) bond motifs is 1. The molecule has 1 aromatic carbocycles. The molecule has 0 bridgehead atoms. The number of aromatic amines is 1. The Morgan fingerprint density at radius 1 is 1.27 bits per heavy atom. The summed E-state index contributed by atoms with van der Waals surface area (Å²) >= 11 is 0. The molecular weight excluding hydrogens is 430 g/mol. The molecule has 170 valence electrons. The monoisotopic (exact) mass is 451 g/mol. The number of pyridine rings is 2. The third-order valence-electron chi connectivity index (χ3n) is 6.11. The Balaban J connectivity index is 1.72. The minimum Gasteiger partial charge on any atom is -0.497 e. The van der Waals surface area contributed by atoms with Gasteiger partial charge in [-0.1, -0.05) is 0 Å². The highest BCUT2D eigenvalue weighted by Crippen LogP contribution is 2.39. The quantitative estimate of drug-likeness (QED) is 0.425. The SMILES string of the molecule is COc1cc2c3c(cc(-c4cc5c(c(=O)[nH]4)COC(=O)C5O)nc3c1)C(NC(=O)CO)CC2. The number of aryl methyl sites for hydroxylation is 1. The third-order valence-corrected chi connectivity index (χ3v) is 6.11. The molecule has 4 N–H and O–H groups in total. The second-order valence-electron chi connectivity index (χ2n) is 8.05. The lowest BCUT2D eigenvalue weighted by atomic mass is 9.86. The smallest absolute Gasteiger partial charge is 0.340 e. The van der Waals surface area contributed by atoms with Crippen molar-refractivity contribution >= 4 is 22.8 Å². The Morgan fingerprint density at radius 3 is 2.85 bits per heavy atom.